The summed E-state index contributed by atoms with van der Waals surface area (Å²) >= 11 is 6.00. The number of piperidine rings is 1. The van der Waals surface area contributed by atoms with Crippen molar-refractivity contribution in [3.63, 3.8) is 0 Å². The van der Waals surface area contributed by atoms with Crippen molar-refractivity contribution in [2.75, 3.05) is 18.0 Å². The lowest BCUT2D eigenvalue weighted by Crippen LogP contribution is -2.33. The van der Waals surface area contributed by atoms with E-state index in [0.29, 0.717) is 35.3 Å². The van der Waals surface area contributed by atoms with E-state index in [1.165, 1.54) is 12.1 Å². The molecule has 2 N–H and O–H groups in total. The highest BCUT2D eigenvalue weighted by Gasteiger charge is 2.28. The van der Waals surface area contributed by atoms with Gasteiger partial charge in [0.1, 0.15) is 11.2 Å². The Hall–Kier alpha value is -3.13. The number of hydrogen-bond donors (Lipinski definition) is 1. The molecule has 0 radical (unpaired) electrons. The highest BCUT2D eigenvalue weighted by molar-refractivity contribution is 6.31. The second-order valence-electron chi connectivity index (χ2n) is 6.75. The lowest BCUT2D eigenvalue weighted by atomic mass is 9.96. The quantitative estimate of drug-likeness (QED) is 0.525. The number of anilines is 1. The Labute approximate surface area is 165 Å². The van der Waals surface area contributed by atoms with E-state index in [9.17, 15) is 14.9 Å². The molecule has 1 amide bonds. The molecule has 1 aliphatic rings. The highest BCUT2D eigenvalue weighted by atomic mass is 35.5. The Bertz CT molecular complexity index is 1070. The van der Waals surface area contributed by atoms with Gasteiger partial charge in [-0.3, -0.25) is 14.9 Å². The van der Waals surface area contributed by atoms with E-state index in [2.05, 4.69) is 4.98 Å². The van der Waals surface area contributed by atoms with Crippen molar-refractivity contribution in [1.82, 2.24) is 4.98 Å². The summed E-state index contributed by atoms with van der Waals surface area (Å²) in [5, 5.41) is 12.0. The van der Waals surface area contributed by atoms with Crippen molar-refractivity contribution in [3.05, 3.63) is 63.0 Å². The van der Waals surface area contributed by atoms with Gasteiger partial charge in [-0.05, 0) is 43.2 Å². The molecule has 8 nitrogen and oxygen atoms in total. The molecule has 1 aromatic heterocycles. The van der Waals surface area contributed by atoms with E-state index < -0.39 is 10.8 Å². The zero-order valence-electron chi connectivity index (χ0n) is 14.8. The minimum Gasteiger partial charge on any atom is -0.440 e. The standard InChI is InChI=1S/C19H17ClN4O4/c20-13-2-4-17-14(10-13)22-19(28-17)11-5-7-23(8-6-11)15-3-1-12(18(21)25)9-16(15)24(26)27/h1-4,9-11H,5-8H2,(H2,21,25). The fraction of sp³-hybridized carbons (Fsp3) is 0.263. The van der Waals surface area contributed by atoms with Crippen LogP contribution in [0, 0.1) is 10.1 Å². The molecular formula is C19H17ClN4O4. The normalized spacial score (nSPS) is 15.1. The second kappa shape index (κ2) is 7.12. The van der Waals surface area contributed by atoms with Crippen LogP contribution in [-0.4, -0.2) is 28.9 Å². The van der Waals surface area contributed by atoms with Crippen LogP contribution >= 0.6 is 11.6 Å². The van der Waals surface area contributed by atoms with Gasteiger partial charge in [-0.25, -0.2) is 4.98 Å². The molecule has 2 aromatic carbocycles. The fourth-order valence-electron chi connectivity index (χ4n) is 3.55. The number of primary amides is 1. The molecule has 1 saturated heterocycles. The maximum absolute atomic E-state index is 11.4. The van der Waals surface area contributed by atoms with Crippen LogP contribution in [0.4, 0.5) is 11.4 Å². The van der Waals surface area contributed by atoms with Crippen LogP contribution in [0.15, 0.2) is 40.8 Å². The number of benzene rings is 2. The molecule has 0 aliphatic carbocycles. The van der Waals surface area contributed by atoms with Crippen LogP contribution in [0.1, 0.15) is 35.0 Å². The maximum Gasteiger partial charge on any atom is 0.293 e. The van der Waals surface area contributed by atoms with Crippen molar-refractivity contribution in [2.24, 2.45) is 5.73 Å². The van der Waals surface area contributed by atoms with Gasteiger partial charge in [0.25, 0.3) is 5.69 Å². The number of nitrogens with two attached hydrogens (primary N) is 1. The number of oxazole rings is 1. The van der Waals surface area contributed by atoms with Crippen molar-refractivity contribution in [3.8, 4) is 0 Å². The number of nitrogens with zero attached hydrogens (tertiary/aromatic N) is 3. The highest BCUT2D eigenvalue weighted by Crippen LogP contribution is 2.36. The summed E-state index contributed by atoms with van der Waals surface area (Å²) in [6, 6.07) is 9.65. The number of aromatic nitrogens is 1. The molecule has 1 aliphatic heterocycles. The molecule has 0 bridgehead atoms. The molecule has 1 fully saturated rings. The first-order valence-corrected chi connectivity index (χ1v) is 9.19. The largest absolute Gasteiger partial charge is 0.440 e. The number of halogens is 1. The molecule has 28 heavy (non-hydrogen) atoms. The summed E-state index contributed by atoms with van der Waals surface area (Å²) in [6.07, 6.45) is 1.49. The maximum atomic E-state index is 11.4. The number of hydrogen-bond acceptors (Lipinski definition) is 6. The summed E-state index contributed by atoms with van der Waals surface area (Å²) in [6.45, 7) is 1.22. The zero-order chi connectivity index (χ0) is 19.8. The molecule has 4 rings (SSSR count). The van der Waals surface area contributed by atoms with Crippen LogP contribution in [0.5, 0.6) is 0 Å². The third kappa shape index (κ3) is 3.38. The summed E-state index contributed by atoms with van der Waals surface area (Å²) in [5.74, 6) is 0.103. The SMILES string of the molecule is NC(=O)c1ccc(N2CCC(c3nc4cc(Cl)ccc4o3)CC2)c([N+](=O)[O-])c1. The van der Waals surface area contributed by atoms with Gasteiger partial charge in [0, 0.05) is 35.7 Å². The minimum atomic E-state index is -0.690. The number of nitro benzene ring substituents is 1. The van der Waals surface area contributed by atoms with Gasteiger partial charge in [-0.1, -0.05) is 11.6 Å². The van der Waals surface area contributed by atoms with E-state index in [-0.39, 0.29) is 17.2 Å². The number of rotatable bonds is 4. The van der Waals surface area contributed by atoms with Crippen LogP contribution in [0.2, 0.25) is 5.02 Å². The Kier molecular flexibility index (Phi) is 4.64. The van der Waals surface area contributed by atoms with E-state index in [1.54, 1.807) is 24.3 Å². The van der Waals surface area contributed by atoms with Gasteiger partial charge < -0.3 is 15.1 Å². The molecule has 0 atom stereocenters. The van der Waals surface area contributed by atoms with Gasteiger partial charge in [-0.15, -0.1) is 0 Å². The summed E-state index contributed by atoms with van der Waals surface area (Å²) in [4.78, 5) is 28.8. The first-order valence-electron chi connectivity index (χ1n) is 8.81. The summed E-state index contributed by atoms with van der Waals surface area (Å²) < 4.78 is 5.86. The van der Waals surface area contributed by atoms with Crippen LogP contribution in [0.25, 0.3) is 11.1 Å². The molecular weight excluding hydrogens is 384 g/mol. The van der Waals surface area contributed by atoms with Gasteiger partial charge in [0.05, 0.1) is 4.92 Å². The molecule has 0 unspecified atom stereocenters. The Balaban J connectivity index is 1.53. The zero-order valence-corrected chi connectivity index (χ0v) is 15.6. The Morgan fingerprint density at radius 2 is 2.00 bits per heavy atom. The van der Waals surface area contributed by atoms with Crippen LogP contribution in [-0.2, 0) is 0 Å². The molecule has 3 aromatic rings. The van der Waals surface area contributed by atoms with E-state index in [4.69, 9.17) is 21.8 Å². The van der Waals surface area contributed by atoms with Gasteiger partial charge in [0.2, 0.25) is 5.91 Å². The predicted octanol–water partition coefficient (Wildman–Crippen LogP) is 3.87. The average molecular weight is 401 g/mol. The summed E-state index contributed by atoms with van der Waals surface area (Å²) in [5.41, 5.74) is 7.14. The van der Waals surface area contributed by atoms with E-state index >= 15 is 0 Å². The third-order valence-corrected chi connectivity index (χ3v) is 5.24. The van der Waals surface area contributed by atoms with Crippen molar-refractivity contribution in [1.29, 1.82) is 0 Å². The number of amides is 1. The van der Waals surface area contributed by atoms with Gasteiger partial charge in [-0.2, -0.15) is 0 Å². The van der Waals surface area contributed by atoms with Crippen molar-refractivity contribution >= 4 is 40.0 Å². The molecule has 0 saturated carbocycles. The minimum absolute atomic E-state index is 0.119. The Morgan fingerprint density at radius 1 is 1.25 bits per heavy atom. The number of carbonyl (C=O) groups is 1. The number of fused-ring (bicyclic) bond motifs is 1. The first kappa shape index (κ1) is 18.2. The predicted molar refractivity (Wildman–Crippen MR) is 105 cm³/mol. The van der Waals surface area contributed by atoms with Crippen molar-refractivity contribution in [2.45, 2.75) is 18.8 Å². The fourth-order valence-corrected chi connectivity index (χ4v) is 3.72. The first-order chi connectivity index (χ1) is 13.4. The van der Waals surface area contributed by atoms with Gasteiger partial charge in [0.15, 0.2) is 11.5 Å². The molecule has 9 heteroatoms. The van der Waals surface area contributed by atoms with E-state index in [1.807, 2.05) is 4.90 Å². The number of carbonyl (C=O) groups excluding carboxylic acids is 1. The average Bonchev–Trinajstić information content (AvgIpc) is 3.10. The summed E-state index contributed by atoms with van der Waals surface area (Å²) in [7, 11) is 0. The molecule has 2 heterocycles. The second-order valence-corrected chi connectivity index (χ2v) is 7.19. The van der Waals surface area contributed by atoms with Gasteiger partial charge >= 0.3 is 0 Å². The smallest absolute Gasteiger partial charge is 0.293 e. The van der Waals surface area contributed by atoms with Crippen LogP contribution < -0.4 is 10.6 Å². The topological polar surface area (TPSA) is 116 Å². The number of nitro groups is 1. The lowest BCUT2D eigenvalue weighted by molar-refractivity contribution is -0.384. The monoisotopic (exact) mass is 400 g/mol. The van der Waals surface area contributed by atoms with Crippen LogP contribution in [0.3, 0.4) is 0 Å². The van der Waals surface area contributed by atoms with E-state index in [0.717, 1.165) is 18.4 Å². The molecule has 144 valence electrons. The third-order valence-electron chi connectivity index (χ3n) is 5.01. The Morgan fingerprint density at radius 3 is 2.68 bits per heavy atom. The molecule has 0 spiro atoms. The lowest BCUT2D eigenvalue weighted by Gasteiger charge is -2.32. The van der Waals surface area contributed by atoms with Crippen molar-refractivity contribution < 1.29 is 14.1 Å².